The lowest BCUT2D eigenvalue weighted by molar-refractivity contribution is 0.613. The van der Waals surface area contributed by atoms with Gasteiger partial charge in [-0.1, -0.05) is 36.6 Å². The second kappa shape index (κ2) is 6.94. The zero-order valence-corrected chi connectivity index (χ0v) is 12.4. The van der Waals surface area contributed by atoms with Crippen LogP contribution >= 0.6 is 0 Å². The van der Waals surface area contributed by atoms with Gasteiger partial charge in [0.25, 0.3) is 0 Å². The van der Waals surface area contributed by atoms with E-state index in [1.54, 1.807) is 5.57 Å². The quantitative estimate of drug-likeness (QED) is 0.878. The van der Waals surface area contributed by atoms with Crippen LogP contribution < -0.4 is 10.2 Å². The van der Waals surface area contributed by atoms with Crippen LogP contribution in [0.5, 0.6) is 0 Å². The van der Waals surface area contributed by atoms with Crippen molar-refractivity contribution in [2.75, 3.05) is 31.1 Å². The smallest absolute Gasteiger partial charge is 0.0366 e. The first-order valence-electron chi connectivity index (χ1n) is 8.17. The van der Waals surface area contributed by atoms with E-state index in [0.717, 1.165) is 13.1 Å². The zero-order chi connectivity index (χ0) is 13.6. The van der Waals surface area contributed by atoms with Gasteiger partial charge in [-0.3, -0.25) is 0 Å². The number of hydrogen-bond donors (Lipinski definition) is 1. The summed E-state index contributed by atoms with van der Waals surface area (Å²) >= 11 is 0. The number of piperidine rings is 1. The Morgan fingerprint density at radius 2 is 1.50 bits per heavy atom. The van der Waals surface area contributed by atoms with E-state index < -0.39 is 0 Å². The highest BCUT2D eigenvalue weighted by molar-refractivity contribution is 5.58. The molecule has 20 heavy (non-hydrogen) atoms. The summed E-state index contributed by atoms with van der Waals surface area (Å²) in [6, 6.07) is 9.18. The molecule has 0 aliphatic carbocycles. The Morgan fingerprint density at radius 1 is 0.850 bits per heavy atom. The Labute approximate surface area is 122 Å². The maximum atomic E-state index is 3.41. The van der Waals surface area contributed by atoms with Crippen LogP contribution in [0.4, 0.5) is 5.69 Å². The molecule has 0 bridgehead atoms. The van der Waals surface area contributed by atoms with Crippen LogP contribution in [0.3, 0.4) is 0 Å². The van der Waals surface area contributed by atoms with Gasteiger partial charge >= 0.3 is 0 Å². The van der Waals surface area contributed by atoms with Gasteiger partial charge in [-0.05, 0) is 56.5 Å². The van der Waals surface area contributed by atoms with Gasteiger partial charge < -0.3 is 10.2 Å². The first-order chi connectivity index (χ1) is 9.92. The Morgan fingerprint density at radius 3 is 2.15 bits per heavy atom. The predicted molar refractivity (Wildman–Crippen MR) is 87.2 cm³/mol. The van der Waals surface area contributed by atoms with Crippen molar-refractivity contribution in [3.63, 3.8) is 0 Å². The molecule has 2 saturated heterocycles. The van der Waals surface area contributed by atoms with Crippen LogP contribution in [0, 0.1) is 0 Å². The summed E-state index contributed by atoms with van der Waals surface area (Å²) in [6.45, 7) is 4.73. The summed E-state index contributed by atoms with van der Waals surface area (Å²) in [6.07, 6.45) is 10.3. The summed E-state index contributed by atoms with van der Waals surface area (Å²) in [5.41, 5.74) is 4.35. The van der Waals surface area contributed by atoms with Crippen LogP contribution in [0.1, 0.15) is 44.1 Å². The van der Waals surface area contributed by atoms with Gasteiger partial charge in [0.1, 0.15) is 0 Å². The molecule has 0 radical (unpaired) electrons. The molecule has 2 heteroatoms. The van der Waals surface area contributed by atoms with Gasteiger partial charge in [-0.15, -0.1) is 0 Å². The van der Waals surface area contributed by atoms with Crippen LogP contribution in [0.2, 0.25) is 0 Å². The monoisotopic (exact) mass is 270 g/mol. The lowest BCUT2D eigenvalue weighted by Gasteiger charge is -2.22. The molecule has 2 aliphatic heterocycles. The normalized spacial score (nSPS) is 20.6. The van der Waals surface area contributed by atoms with Gasteiger partial charge in [0.2, 0.25) is 0 Å². The summed E-state index contributed by atoms with van der Waals surface area (Å²) in [7, 11) is 0. The molecule has 0 aromatic heterocycles. The van der Waals surface area contributed by atoms with Crippen LogP contribution in [-0.2, 0) is 0 Å². The van der Waals surface area contributed by atoms with Gasteiger partial charge in [0.05, 0.1) is 0 Å². The molecule has 1 N–H and O–H groups in total. The first-order valence-corrected chi connectivity index (χ1v) is 8.17. The highest BCUT2D eigenvalue weighted by Crippen LogP contribution is 2.22. The second-order valence-electron chi connectivity index (χ2n) is 6.05. The zero-order valence-electron chi connectivity index (χ0n) is 12.4. The van der Waals surface area contributed by atoms with Crippen LogP contribution in [0.15, 0.2) is 29.8 Å². The second-order valence-corrected chi connectivity index (χ2v) is 6.05. The van der Waals surface area contributed by atoms with Gasteiger partial charge in [-0.25, -0.2) is 0 Å². The Hall–Kier alpha value is -1.28. The molecule has 0 saturated carbocycles. The molecule has 0 spiro atoms. The fourth-order valence-electron chi connectivity index (χ4n) is 3.24. The molecule has 1 aromatic rings. The molecular formula is C18H26N2. The van der Waals surface area contributed by atoms with Crippen molar-refractivity contribution in [1.29, 1.82) is 0 Å². The van der Waals surface area contributed by atoms with E-state index in [9.17, 15) is 0 Å². The molecule has 108 valence electrons. The van der Waals surface area contributed by atoms with Crippen molar-refractivity contribution in [2.45, 2.75) is 38.5 Å². The SMILES string of the molecule is C(=C1CCNCC1)c1ccc(N2CCCCCC2)cc1. The summed E-state index contributed by atoms with van der Waals surface area (Å²) in [4.78, 5) is 2.55. The number of anilines is 1. The summed E-state index contributed by atoms with van der Waals surface area (Å²) < 4.78 is 0. The largest absolute Gasteiger partial charge is 0.372 e. The van der Waals surface area contributed by atoms with Crippen molar-refractivity contribution >= 4 is 11.8 Å². The van der Waals surface area contributed by atoms with Crippen molar-refractivity contribution in [1.82, 2.24) is 5.32 Å². The Bertz CT molecular complexity index is 431. The average molecular weight is 270 g/mol. The molecule has 3 rings (SSSR count). The molecule has 2 fully saturated rings. The van der Waals surface area contributed by atoms with Crippen LogP contribution in [0.25, 0.3) is 6.08 Å². The van der Waals surface area contributed by atoms with Crippen molar-refractivity contribution < 1.29 is 0 Å². The fraction of sp³-hybridized carbons (Fsp3) is 0.556. The molecule has 0 amide bonds. The molecule has 2 nitrogen and oxygen atoms in total. The molecule has 2 heterocycles. The van der Waals surface area contributed by atoms with E-state index in [4.69, 9.17) is 0 Å². The Balaban J connectivity index is 1.67. The summed E-state index contributed by atoms with van der Waals surface area (Å²) in [5.74, 6) is 0. The van der Waals surface area contributed by atoms with Crippen molar-refractivity contribution in [3.8, 4) is 0 Å². The number of rotatable bonds is 2. The third-order valence-electron chi connectivity index (χ3n) is 4.48. The highest BCUT2D eigenvalue weighted by Gasteiger charge is 2.09. The van der Waals surface area contributed by atoms with E-state index in [-0.39, 0.29) is 0 Å². The first kappa shape index (κ1) is 13.7. The Kier molecular flexibility index (Phi) is 4.75. The number of benzene rings is 1. The van der Waals surface area contributed by atoms with E-state index in [0.29, 0.717) is 0 Å². The van der Waals surface area contributed by atoms with E-state index in [1.807, 2.05) is 0 Å². The van der Waals surface area contributed by atoms with Gasteiger partial charge in [0.15, 0.2) is 0 Å². The lowest BCUT2D eigenvalue weighted by atomic mass is 10.0. The highest BCUT2D eigenvalue weighted by atomic mass is 15.1. The third-order valence-corrected chi connectivity index (χ3v) is 4.48. The third kappa shape index (κ3) is 3.63. The van der Waals surface area contributed by atoms with E-state index >= 15 is 0 Å². The lowest BCUT2D eigenvalue weighted by Crippen LogP contribution is -2.23. The molecule has 0 atom stereocenters. The topological polar surface area (TPSA) is 15.3 Å². The maximum absolute atomic E-state index is 3.41. The van der Waals surface area contributed by atoms with Crippen LogP contribution in [-0.4, -0.2) is 26.2 Å². The fourth-order valence-corrected chi connectivity index (χ4v) is 3.24. The standard InChI is InChI=1S/C18H26N2/c1-2-4-14-20(13-3-1)18-7-5-16(6-8-18)15-17-9-11-19-12-10-17/h5-8,15,19H,1-4,9-14H2. The van der Waals surface area contributed by atoms with E-state index in [2.05, 4.69) is 40.6 Å². The van der Waals surface area contributed by atoms with Gasteiger partial charge in [0, 0.05) is 18.8 Å². The minimum atomic E-state index is 1.14. The molecule has 1 aromatic carbocycles. The van der Waals surface area contributed by atoms with Crippen molar-refractivity contribution in [2.24, 2.45) is 0 Å². The number of nitrogens with one attached hydrogen (secondary N) is 1. The average Bonchev–Trinajstić information content (AvgIpc) is 2.78. The number of nitrogens with zero attached hydrogens (tertiary/aromatic N) is 1. The summed E-state index contributed by atoms with van der Waals surface area (Å²) in [5, 5.41) is 3.41. The van der Waals surface area contributed by atoms with E-state index in [1.165, 1.54) is 62.9 Å². The number of hydrogen-bond acceptors (Lipinski definition) is 2. The molecule has 2 aliphatic rings. The molecular weight excluding hydrogens is 244 g/mol. The maximum Gasteiger partial charge on any atom is 0.0366 e. The van der Waals surface area contributed by atoms with Crippen molar-refractivity contribution in [3.05, 3.63) is 35.4 Å². The minimum absolute atomic E-state index is 1.14. The van der Waals surface area contributed by atoms with Gasteiger partial charge in [-0.2, -0.15) is 0 Å². The molecule has 0 unspecified atom stereocenters. The minimum Gasteiger partial charge on any atom is -0.372 e. The predicted octanol–water partition coefficient (Wildman–Crippen LogP) is 3.83.